The summed E-state index contributed by atoms with van der Waals surface area (Å²) in [5.41, 5.74) is 1.45. The Balaban J connectivity index is 1.78. The molecule has 0 saturated heterocycles. The van der Waals surface area contributed by atoms with E-state index in [0.717, 1.165) is 5.56 Å². The molecule has 1 heterocycles. The number of hydrogen-bond acceptors (Lipinski definition) is 8. The Labute approximate surface area is 188 Å². The average molecular weight is 461 g/mol. The van der Waals surface area contributed by atoms with E-state index in [1.54, 1.807) is 49.6 Å². The number of nitrogens with zero attached hydrogens (tertiary/aromatic N) is 3. The van der Waals surface area contributed by atoms with Gasteiger partial charge < -0.3 is 24.8 Å². The van der Waals surface area contributed by atoms with Crippen LogP contribution in [-0.2, 0) is 6.54 Å². The lowest BCUT2D eigenvalue weighted by molar-refractivity contribution is -0.154. The third kappa shape index (κ3) is 7.87. The van der Waals surface area contributed by atoms with Gasteiger partial charge in [-0.05, 0) is 29.8 Å². The molecule has 3 rings (SSSR count). The lowest BCUT2D eigenvalue weighted by atomic mass is 10.2. The number of aromatic nitrogens is 3. The fraction of sp³-hybridized carbons (Fsp3) is 0.227. The van der Waals surface area contributed by atoms with Gasteiger partial charge in [0, 0.05) is 18.3 Å². The van der Waals surface area contributed by atoms with Crippen molar-refractivity contribution in [3.63, 3.8) is 0 Å². The largest absolute Gasteiger partial charge is 0.497 e. The van der Waals surface area contributed by atoms with E-state index in [0.29, 0.717) is 30.3 Å². The lowest BCUT2D eigenvalue weighted by Crippen LogP contribution is -2.21. The number of alkyl halides is 3. The molecule has 1 aromatic heterocycles. The molecule has 174 valence electrons. The number of hydrogen-bond donors (Lipinski definition) is 2. The zero-order chi connectivity index (χ0) is 23.7. The molecule has 33 heavy (non-hydrogen) atoms. The SMILES string of the molecule is C=CCOc1cccc(Nc2nc(NCc3ccc(OC)cc3)nc(OCC(F)(F)F)n2)c1. The summed E-state index contributed by atoms with van der Waals surface area (Å²) >= 11 is 0. The summed E-state index contributed by atoms with van der Waals surface area (Å²) in [6.45, 7) is 2.70. The molecule has 0 fully saturated rings. The van der Waals surface area contributed by atoms with Gasteiger partial charge in [-0.1, -0.05) is 30.9 Å². The molecule has 0 aliphatic heterocycles. The fourth-order valence-electron chi connectivity index (χ4n) is 2.57. The predicted octanol–water partition coefficient (Wildman–Crippen LogP) is 4.74. The van der Waals surface area contributed by atoms with Crippen LogP contribution in [0.15, 0.2) is 61.2 Å². The van der Waals surface area contributed by atoms with Crippen LogP contribution < -0.4 is 24.8 Å². The van der Waals surface area contributed by atoms with Crippen molar-refractivity contribution in [1.82, 2.24) is 15.0 Å². The summed E-state index contributed by atoms with van der Waals surface area (Å²) < 4.78 is 53.2. The average Bonchev–Trinajstić information content (AvgIpc) is 2.80. The van der Waals surface area contributed by atoms with Gasteiger partial charge in [0.25, 0.3) is 0 Å². The maximum absolute atomic E-state index is 12.6. The standard InChI is InChI=1S/C22H22F3N5O3/c1-3-11-32-18-6-4-5-16(12-18)27-20-28-19(29-21(30-20)33-14-22(23,24)25)26-13-15-7-9-17(31-2)10-8-15/h3-10,12H,1,11,13-14H2,2H3,(H2,26,27,28,29,30). The van der Waals surface area contributed by atoms with E-state index in [1.807, 2.05) is 12.1 Å². The summed E-state index contributed by atoms with van der Waals surface area (Å²) in [5, 5.41) is 5.89. The van der Waals surface area contributed by atoms with Crippen LogP contribution in [0.25, 0.3) is 0 Å². The van der Waals surface area contributed by atoms with Crippen molar-refractivity contribution in [3.05, 3.63) is 66.7 Å². The summed E-state index contributed by atoms with van der Waals surface area (Å²) in [4.78, 5) is 12.1. The number of nitrogens with one attached hydrogen (secondary N) is 2. The Morgan fingerprint density at radius 3 is 2.42 bits per heavy atom. The first-order chi connectivity index (χ1) is 15.8. The Bertz CT molecular complexity index is 1060. The van der Waals surface area contributed by atoms with Gasteiger partial charge in [-0.2, -0.15) is 28.1 Å². The van der Waals surface area contributed by atoms with E-state index in [2.05, 4.69) is 32.2 Å². The van der Waals surface area contributed by atoms with Crippen LogP contribution in [0.3, 0.4) is 0 Å². The molecule has 8 nitrogen and oxygen atoms in total. The minimum atomic E-state index is -4.53. The Morgan fingerprint density at radius 1 is 0.970 bits per heavy atom. The highest BCUT2D eigenvalue weighted by atomic mass is 19.4. The van der Waals surface area contributed by atoms with Crippen molar-refractivity contribution < 1.29 is 27.4 Å². The minimum Gasteiger partial charge on any atom is -0.497 e. The van der Waals surface area contributed by atoms with Crippen LogP contribution >= 0.6 is 0 Å². The van der Waals surface area contributed by atoms with Crippen LogP contribution in [0.5, 0.6) is 17.5 Å². The van der Waals surface area contributed by atoms with Gasteiger partial charge in [0.1, 0.15) is 18.1 Å². The molecule has 0 bridgehead atoms. The minimum absolute atomic E-state index is 0.000256. The zero-order valence-electron chi connectivity index (χ0n) is 17.7. The predicted molar refractivity (Wildman–Crippen MR) is 117 cm³/mol. The van der Waals surface area contributed by atoms with E-state index >= 15 is 0 Å². The van der Waals surface area contributed by atoms with Crippen LogP contribution in [-0.4, -0.2) is 41.5 Å². The van der Waals surface area contributed by atoms with Crippen LogP contribution in [0.4, 0.5) is 30.8 Å². The third-order valence-electron chi connectivity index (χ3n) is 4.05. The van der Waals surface area contributed by atoms with Gasteiger partial charge in [0.15, 0.2) is 6.61 Å². The van der Waals surface area contributed by atoms with Gasteiger partial charge in [-0.25, -0.2) is 0 Å². The smallest absolute Gasteiger partial charge is 0.422 e. The van der Waals surface area contributed by atoms with Gasteiger partial charge in [0.2, 0.25) is 11.9 Å². The first-order valence-corrected chi connectivity index (χ1v) is 9.78. The zero-order valence-corrected chi connectivity index (χ0v) is 17.7. The van der Waals surface area contributed by atoms with Crippen molar-refractivity contribution in [2.24, 2.45) is 0 Å². The molecule has 0 amide bonds. The fourth-order valence-corrected chi connectivity index (χ4v) is 2.57. The van der Waals surface area contributed by atoms with Gasteiger partial charge in [0.05, 0.1) is 7.11 Å². The summed E-state index contributed by atoms with van der Waals surface area (Å²) in [7, 11) is 1.57. The van der Waals surface area contributed by atoms with E-state index in [9.17, 15) is 13.2 Å². The molecule has 0 aliphatic carbocycles. The number of methoxy groups -OCH3 is 1. The first kappa shape index (κ1) is 23.6. The Kier molecular flexibility index (Phi) is 7.90. The number of benzene rings is 2. The second kappa shape index (κ2) is 11.0. The van der Waals surface area contributed by atoms with Crippen LogP contribution in [0, 0.1) is 0 Å². The molecule has 0 radical (unpaired) electrons. The second-order valence-corrected chi connectivity index (χ2v) is 6.62. The lowest BCUT2D eigenvalue weighted by Gasteiger charge is -2.12. The third-order valence-corrected chi connectivity index (χ3v) is 4.05. The Hall–Kier alpha value is -4.02. The first-order valence-electron chi connectivity index (χ1n) is 9.78. The van der Waals surface area contributed by atoms with E-state index in [4.69, 9.17) is 14.2 Å². The highest BCUT2D eigenvalue weighted by Crippen LogP contribution is 2.23. The molecule has 0 atom stereocenters. The van der Waals surface area contributed by atoms with E-state index in [1.165, 1.54) is 0 Å². The molecule has 0 aliphatic rings. The molecular weight excluding hydrogens is 439 g/mol. The van der Waals surface area contributed by atoms with Crippen LogP contribution in [0.1, 0.15) is 5.56 Å². The highest BCUT2D eigenvalue weighted by Gasteiger charge is 2.29. The maximum atomic E-state index is 12.6. The number of rotatable bonds is 11. The summed E-state index contributed by atoms with van der Waals surface area (Å²) in [5.74, 6) is 1.31. The Morgan fingerprint density at radius 2 is 1.73 bits per heavy atom. The second-order valence-electron chi connectivity index (χ2n) is 6.62. The van der Waals surface area contributed by atoms with Crippen molar-refractivity contribution in [3.8, 4) is 17.5 Å². The van der Waals surface area contributed by atoms with Crippen LogP contribution in [0.2, 0.25) is 0 Å². The maximum Gasteiger partial charge on any atom is 0.422 e. The quantitative estimate of drug-likeness (QED) is 0.396. The van der Waals surface area contributed by atoms with Gasteiger partial charge in [-0.15, -0.1) is 0 Å². The topological polar surface area (TPSA) is 90.4 Å². The summed E-state index contributed by atoms with van der Waals surface area (Å²) in [6, 6.07) is 13.7. The normalized spacial score (nSPS) is 10.9. The molecule has 2 N–H and O–H groups in total. The number of anilines is 3. The highest BCUT2D eigenvalue weighted by molar-refractivity contribution is 5.56. The number of halogens is 3. The molecule has 2 aromatic carbocycles. The molecule has 0 saturated carbocycles. The monoisotopic (exact) mass is 461 g/mol. The van der Waals surface area contributed by atoms with Crippen molar-refractivity contribution in [1.29, 1.82) is 0 Å². The van der Waals surface area contributed by atoms with Crippen molar-refractivity contribution in [2.75, 3.05) is 31.0 Å². The van der Waals surface area contributed by atoms with E-state index in [-0.39, 0.29) is 11.9 Å². The van der Waals surface area contributed by atoms with Crippen molar-refractivity contribution >= 4 is 17.6 Å². The van der Waals surface area contributed by atoms with Crippen molar-refractivity contribution in [2.45, 2.75) is 12.7 Å². The number of ether oxygens (including phenoxy) is 3. The molecular formula is C22H22F3N5O3. The van der Waals surface area contributed by atoms with E-state index < -0.39 is 18.8 Å². The summed E-state index contributed by atoms with van der Waals surface area (Å²) in [6.07, 6.45) is -2.93. The molecule has 11 heteroatoms. The van der Waals surface area contributed by atoms with Gasteiger partial charge in [-0.3, -0.25) is 0 Å². The molecule has 0 spiro atoms. The molecule has 0 unspecified atom stereocenters. The molecule has 3 aromatic rings. The van der Waals surface area contributed by atoms with Gasteiger partial charge >= 0.3 is 12.2 Å².